The Morgan fingerprint density at radius 2 is 1.69 bits per heavy atom. The Balaban J connectivity index is 1.49. The van der Waals surface area contributed by atoms with Crippen LogP contribution in [0.1, 0.15) is 29.7 Å². The molecule has 6 nitrogen and oxygen atoms in total. The molecule has 1 fully saturated rings. The zero-order valence-corrected chi connectivity index (χ0v) is 21.3. The first-order valence-corrected chi connectivity index (χ1v) is 12.9. The van der Waals surface area contributed by atoms with Gasteiger partial charge in [0.25, 0.3) is 11.5 Å². The molecule has 3 heterocycles. The van der Waals surface area contributed by atoms with Gasteiger partial charge in [0.2, 0.25) is 0 Å². The van der Waals surface area contributed by atoms with Crippen molar-refractivity contribution in [1.29, 1.82) is 0 Å². The molecule has 0 saturated carbocycles. The molecule has 8 heteroatoms. The quantitative estimate of drug-likeness (QED) is 0.267. The Labute approximate surface area is 218 Å². The van der Waals surface area contributed by atoms with E-state index in [2.05, 4.69) is 17.4 Å². The molecule has 4 aromatic rings. The Kier molecular flexibility index (Phi) is 6.97. The Bertz CT molecular complexity index is 1520. The van der Waals surface area contributed by atoms with Crippen LogP contribution in [0.5, 0.6) is 0 Å². The van der Waals surface area contributed by atoms with Gasteiger partial charge in [-0.1, -0.05) is 90.7 Å². The molecular weight excluding hydrogens is 488 g/mol. The van der Waals surface area contributed by atoms with Crippen LogP contribution >= 0.6 is 24.0 Å². The van der Waals surface area contributed by atoms with Crippen molar-refractivity contribution in [3.05, 3.63) is 117 Å². The monoisotopic (exact) mass is 512 g/mol. The van der Waals surface area contributed by atoms with Crippen LogP contribution in [0.15, 0.2) is 94.8 Å². The molecule has 0 spiro atoms. The summed E-state index contributed by atoms with van der Waals surface area (Å²) in [7, 11) is 0. The van der Waals surface area contributed by atoms with Crippen molar-refractivity contribution in [1.82, 2.24) is 14.3 Å². The van der Waals surface area contributed by atoms with Crippen LogP contribution in [0.4, 0.5) is 5.82 Å². The smallest absolute Gasteiger partial charge is 0.267 e. The minimum atomic E-state index is -0.246. The Hall–Kier alpha value is -3.75. The number of fused-ring (bicyclic) bond motifs is 1. The average molecular weight is 513 g/mol. The van der Waals surface area contributed by atoms with E-state index < -0.39 is 0 Å². The standard InChI is InChI=1S/C28H24N4O2S2/c1-19(21-12-6-3-7-13-21)32-27(34)23(36-28(32)35)18-22-25(29-16-15-20-10-4-2-5-11-20)30-24-14-8-9-17-31(24)26(22)33/h2-14,17-19,29H,15-16H2,1H3. The number of hydrogen-bond acceptors (Lipinski definition) is 6. The second-order valence-electron chi connectivity index (χ2n) is 8.41. The number of carbonyl (C=O) groups is 1. The molecule has 1 unspecified atom stereocenters. The van der Waals surface area contributed by atoms with Crippen molar-refractivity contribution in [3.63, 3.8) is 0 Å². The largest absolute Gasteiger partial charge is 0.369 e. The highest BCUT2D eigenvalue weighted by Crippen LogP contribution is 2.38. The van der Waals surface area contributed by atoms with Crippen molar-refractivity contribution in [2.24, 2.45) is 0 Å². The first kappa shape index (κ1) is 24.0. The molecule has 1 N–H and O–H groups in total. The van der Waals surface area contributed by atoms with Crippen LogP contribution in [-0.4, -0.2) is 31.1 Å². The molecule has 5 rings (SSSR count). The summed E-state index contributed by atoms with van der Waals surface area (Å²) in [5.41, 5.74) is 2.79. The van der Waals surface area contributed by atoms with E-state index in [0.29, 0.717) is 32.8 Å². The van der Waals surface area contributed by atoms with Gasteiger partial charge in [-0.05, 0) is 42.7 Å². The molecule has 1 atom stereocenters. The lowest BCUT2D eigenvalue weighted by atomic mass is 10.1. The van der Waals surface area contributed by atoms with Gasteiger partial charge in [-0.25, -0.2) is 4.98 Å². The maximum absolute atomic E-state index is 13.5. The molecule has 0 aliphatic carbocycles. The summed E-state index contributed by atoms with van der Waals surface area (Å²) in [6, 6.07) is 25.1. The lowest BCUT2D eigenvalue weighted by Crippen LogP contribution is -2.31. The number of thioether (sulfide) groups is 1. The van der Waals surface area contributed by atoms with E-state index in [1.165, 1.54) is 21.7 Å². The van der Waals surface area contributed by atoms with Crippen molar-refractivity contribution >= 4 is 51.7 Å². The summed E-state index contributed by atoms with van der Waals surface area (Å²) in [5, 5.41) is 3.32. The number of carbonyl (C=O) groups excluding carboxylic acids is 1. The third-order valence-corrected chi connectivity index (χ3v) is 7.42. The predicted octanol–water partition coefficient (Wildman–Crippen LogP) is 5.31. The van der Waals surface area contributed by atoms with Gasteiger partial charge in [0.1, 0.15) is 15.8 Å². The topological polar surface area (TPSA) is 66.7 Å². The van der Waals surface area contributed by atoms with Gasteiger partial charge in [0.05, 0.1) is 16.5 Å². The number of benzene rings is 2. The number of rotatable bonds is 7. The first-order chi connectivity index (χ1) is 17.5. The molecule has 36 heavy (non-hydrogen) atoms. The van der Waals surface area contributed by atoms with E-state index in [4.69, 9.17) is 17.2 Å². The summed E-state index contributed by atoms with van der Waals surface area (Å²) in [4.78, 5) is 33.6. The van der Waals surface area contributed by atoms with Gasteiger partial charge >= 0.3 is 0 Å². The number of anilines is 1. The van der Waals surface area contributed by atoms with E-state index in [0.717, 1.165) is 12.0 Å². The van der Waals surface area contributed by atoms with E-state index in [-0.39, 0.29) is 17.5 Å². The first-order valence-electron chi connectivity index (χ1n) is 11.6. The average Bonchev–Trinajstić information content (AvgIpc) is 3.19. The summed E-state index contributed by atoms with van der Waals surface area (Å²) in [6.45, 7) is 2.54. The normalized spacial score (nSPS) is 15.6. The summed E-state index contributed by atoms with van der Waals surface area (Å²) < 4.78 is 1.96. The fourth-order valence-corrected chi connectivity index (χ4v) is 5.56. The number of nitrogens with one attached hydrogen (secondary N) is 1. The van der Waals surface area contributed by atoms with Crippen LogP contribution in [0, 0.1) is 0 Å². The minimum absolute atomic E-state index is 0.214. The van der Waals surface area contributed by atoms with Crippen molar-refractivity contribution in [2.75, 3.05) is 11.9 Å². The maximum atomic E-state index is 13.5. The molecule has 1 amide bonds. The van der Waals surface area contributed by atoms with Crippen LogP contribution in [0.2, 0.25) is 0 Å². The third-order valence-electron chi connectivity index (χ3n) is 6.09. The van der Waals surface area contributed by atoms with E-state index in [1.54, 1.807) is 29.3 Å². The van der Waals surface area contributed by atoms with Gasteiger partial charge in [0.15, 0.2) is 0 Å². The number of amides is 1. The van der Waals surface area contributed by atoms with E-state index in [1.807, 2.05) is 61.5 Å². The molecule has 0 radical (unpaired) electrons. The molecule has 1 aliphatic heterocycles. The van der Waals surface area contributed by atoms with E-state index >= 15 is 0 Å². The fraction of sp³-hybridized carbons (Fsp3) is 0.143. The number of nitrogens with zero attached hydrogens (tertiary/aromatic N) is 3. The zero-order valence-electron chi connectivity index (χ0n) is 19.6. The molecule has 1 saturated heterocycles. The Morgan fingerprint density at radius 1 is 1.00 bits per heavy atom. The zero-order chi connectivity index (χ0) is 25.1. The Morgan fingerprint density at radius 3 is 2.44 bits per heavy atom. The van der Waals surface area contributed by atoms with Crippen LogP contribution in [0.3, 0.4) is 0 Å². The molecular formula is C28H24N4O2S2. The summed E-state index contributed by atoms with van der Waals surface area (Å²) in [5.74, 6) is 0.234. The highest BCUT2D eigenvalue weighted by Gasteiger charge is 2.36. The van der Waals surface area contributed by atoms with Crippen molar-refractivity contribution < 1.29 is 4.79 Å². The van der Waals surface area contributed by atoms with Gasteiger partial charge in [-0.3, -0.25) is 18.9 Å². The number of pyridine rings is 1. The van der Waals surface area contributed by atoms with Crippen LogP contribution in [-0.2, 0) is 11.2 Å². The van der Waals surface area contributed by atoms with Gasteiger partial charge in [-0.15, -0.1) is 0 Å². The van der Waals surface area contributed by atoms with Gasteiger partial charge in [-0.2, -0.15) is 0 Å². The van der Waals surface area contributed by atoms with Gasteiger partial charge < -0.3 is 5.32 Å². The second-order valence-corrected chi connectivity index (χ2v) is 10.1. The second kappa shape index (κ2) is 10.5. The number of thiocarbonyl (C=S) groups is 1. The molecule has 180 valence electrons. The summed E-state index contributed by atoms with van der Waals surface area (Å²) in [6.07, 6.45) is 4.07. The van der Waals surface area contributed by atoms with Crippen molar-refractivity contribution in [3.8, 4) is 0 Å². The molecule has 1 aliphatic rings. The SMILES string of the molecule is CC(c1ccccc1)N1C(=O)C(=Cc2c(NCCc3ccccc3)nc3ccccn3c2=O)SC1=S. The van der Waals surface area contributed by atoms with E-state index in [9.17, 15) is 9.59 Å². The molecule has 0 bridgehead atoms. The maximum Gasteiger partial charge on any atom is 0.267 e. The lowest BCUT2D eigenvalue weighted by molar-refractivity contribution is -0.123. The van der Waals surface area contributed by atoms with Crippen molar-refractivity contribution in [2.45, 2.75) is 19.4 Å². The summed E-state index contributed by atoms with van der Waals surface area (Å²) >= 11 is 6.77. The lowest BCUT2D eigenvalue weighted by Gasteiger charge is -2.23. The number of hydrogen-bond donors (Lipinski definition) is 1. The van der Waals surface area contributed by atoms with Crippen LogP contribution in [0.25, 0.3) is 11.7 Å². The number of aromatic nitrogens is 2. The molecule has 2 aromatic carbocycles. The minimum Gasteiger partial charge on any atom is -0.369 e. The molecule has 2 aromatic heterocycles. The van der Waals surface area contributed by atoms with Crippen LogP contribution < -0.4 is 10.9 Å². The highest BCUT2D eigenvalue weighted by molar-refractivity contribution is 8.26. The predicted molar refractivity (Wildman–Crippen MR) is 150 cm³/mol. The highest BCUT2D eigenvalue weighted by atomic mass is 32.2. The third kappa shape index (κ3) is 4.82. The fourth-order valence-electron chi connectivity index (χ4n) is 4.16. The van der Waals surface area contributed by atoms with Gasteiger partial charge in [0, 0.05) is 12.7 Å².